The van der Waals surface area contributed by atoms with Crippen LogP contribution in [0.5, 0.6) is 11.5 Å². The molecule has 1 N–H and O–H groups in total. The maximum Gasteiger partial charge on any atom is 0.122 e. The smallest absolute Gasteiger partial charge is 0.122 e. The molecule has 1 aliphatic rings. The van der Waals surface area contributed by atoms with Gasteiger partial charge < -0.3 is 9.84 Å². The first-order valence-electron chi connectivity index (χ1n) is 8.63. The van der Waals surface area contributed by atoms with Gasteiger partial charge in [0.15, 0.2) is 0 Å². The highest BCUT2D eigenvalue weighted by Gasteiger charge is 2.20. The van der Waals surface area contributed by atoms with Crippen molar-refractivity contribution in [3.05, 3.63) is 58.7 Å². The molecular weight excluding hydrogens is 284 g/mol. The quantitative estimate of drug-likeness (QED) is 0.825. The summed E-state index contributed by atoms with van der Waals surface area (Å²) < 4.78 is 5.66. The van der Waals surface area contributed by atoms with Crippen molar-refractivity contribution in [3.63, 3.8) is 0 Å². The molecule has 23 heavy (non-hydrogen) atoms. The highest BCUT2D eigenvalue weighted by atomic mass is 16.5. The summed E-state index contributed by atoms with van der Waals surface area (Å²) in [5.41, 5.74) is 4.84. The number of methoxy groups -OCH3 is 1. The molecule has 2 aromatic carbocycles. The number of hydrogen-bond donors (Lipinski definition) is 1. The van der Waals surface area contributed by atoms with Crippen LogP contribution in [0.25, 0.3) is 0 Å². The van der Waals surface area contributed by atoms with Crippen LogP contribution in [0.2, 0.25) is 0 Å². The lowest BCUT2D eigenvalue weighted by Crippen LogP contribution is -2.08. The fourth-order valence-corrected chi connectivity index (χ4v) is 3.71. The Bertz CT molecular complexity index is 670. The van der Waals surface area contributed by atoms with Gasteiger partial charge in [0.2, 0.25) is 0 Å². The van der Waals surface area contributed by atoms with E-state index in [0.29, 0.717) is 11.7 Å². The van der Waals surface area contributed by atoms with Crippen molar-refractivity contribution in [3.8, 4) is 11.5 Å². The van der Waals surface area contributed by atoms with Gasteiger partial charge in [0.05, 0.1) is 7.11 Å². The fourth-order valence-electron chi connectivity index (χ4n) is 3.71. The summed E-state index contributed by atoms with van der Waals surface area (Å²) in [5, 5.41) is 10.1. The average Bonchev–Trinajstić information content (AvgIpc) is 2.59. The van der Waals surface area contributed by atoms with Gasteiger partial charge in [-0.05, 0) is 60.1 Å². The number of ether oxygens (including phenoxy) is 1. The van der Waals surface area contributed by atoms with Gasteiger partial charge in [-0.2, -0.15) is 0 Å². The predicted molar refractivity (Wildman–Crippen MR) is 94.5 cm³/mol. The largest absolute Gasteiger partial charge is 0.508 e. The molecule has 0 aliphatic heterocycles. The number of phenolic OH excluding ortho intramolecular Hbond substituents is 1. The number of rotatable bonds is 4. The molecule has 1 fully saturated rings. The lowest BCUT2D eigenvalue weighted by atomic mass is 9.82. The molecule has 2 aromatic rings. The van der Waals surface area contributed by atoms with Gasteiger partial charge in [0.1, 0.15) is 11.5 Å². The predicted octanol–water partition coefficient (Wildman–Crippen LogP) is 5.35. The van der Waals surface area contributed by atoms with Crippen molar-refractivity contribution in [1.29, 1.82) is 0 Å². The summed E-state index contributed by atoms with van der Waals surface area (Å²) in [6.45, 7) is 2.13. The minimum atomic E-state index is 0.377. The van der Waals surface area contributed by atoms with E-state index in [4.69, 9.17) is 4.74 Å². The average molecular weight is 310 g/mol. The molecule has 0 spiro atoms. The van der Waals surface area contributed by atoms with E-state index < -0.39 is 0 Å². The number of aromatic hydroxyl groups is 1. The summed E-state index contributed by atoms with van der Waals surface area (Å²) in [6.07, 6.45) is 7.27. The van der Waals surface area contributed by atoms with Crippen LogP contribution in [0.3, 0.4) is 0 Å². The fraction of sp³-hybridized carbons (Fsp3) is 0.429. The van der Waals surface area contributed by atoms with Gasteiger partial charge in [0.25, 0.3) is 0 Å². The van der Waals surface area contributed by atoms with Crippen molar-refractivity contribution in [2.45, 2.75) is 51.4 Å². The molecule has 0 saturated heterocycles. The maximum absolute atomic E-state index is 10.1. The van der Waals surface area contributed by atoms with E-state index in [1.54, 1.807) is 13.2 Å². The zero-order valence-electron chi connectivity index (χ0n) is 14.1. The molecule has 2 heteroatoms. The second kappa shape index (κ2) is 7.08. The Morgan fingerprint density at radius 3 is 2.48 bits per heavy atom. The third kappa shape index (κ3) is 3.52. The van der Waals surface area contributed by atoms with Gasteiger partial charge in [-0.3, -0.25) is 0 Å². The first-order valence-corrected chi connectivity index (χ1v) is 8.63. The molecule has 0 unspecified atom stereocenters. The van der Waals surface area contributed by atoms with Crippen molar-refractivity contribution in [1.82, 2.24) is 0 Å². The van der Waals surface area contributed by atoms with Crippen molar-refractivity contribution >= 4 is 0 Å². The topological polar surface area (TPSA) is 29.5 Å². The van der Waals surface area contributed by atoms with Crippen molar-refractivity contribution < 1.29 is 9.84 Å². The Morgan fingerprint density at radius 1 is 1.04 bits per heavy atom. The first-order chi connectivity index (χ1) is 11.2. The second-order valence-electron chi connectivity index (χ2n) is 6.66. The lowest BCUT2D eigenvalue weighted by Gasteiger charge is -2.25. The van der Waals surface area contributed by atoms with Gasteiger partial charge in [0, 0.05) is 6.42 Å². The normalized spacial score (nSPS) is 15.6. The maximum atomic E-state index is 10.1. The minimum Gasteiger partial charge on any atom is -0.508 e. The van der Waals surface area contributed by atoms with Crippen LogP contribution >= 0.6 is 0 Å². The van der Waals surface area contributed by atoms with E-state index in [9.17, 15) is 5.11 Å². The van der Waals surface area contributed by atoms with Crippen molar-refractivity contribution in [2.75, 3.05) is 7.11 Å². The first kappa shape index (κ1) is 15.9. The Kier molecular flexibility index (Phi) is 4.90. The molecule has 122 valence electrons. The number of aryl methyl sites for hydroxylation is 1. The minimum absolute atomic E-state index is 0.377. The Hall–Kier alpha value is -1.96. The number of hydrogen-bond acceptors (Lipinski definition) is 2. The lowest BCUT2D eigenvalue weighted by molar-refractivity contribution is 0.386. The van der Waals surface area contributed by atoms with Crippen LogP contribution in [-0.4, -0.2) is 12.2 Å². The van der Waals surface area contributed by atoms with Crippen LogP contribution in [0, 0.1) is 6.92 Å². The Labute approximate surface area is 139 Å². The third-order valence-corrected chi connectivity index (χ3v) is 5.11. The molecule has 3 rings (SSSR count). The second-order valence-corrected chi connectivity index (χ2v) is 6.66. The van der Waals surface area contributed by atoms with E-state index in [2.05, 4.69) is 19.1 Å². The van der Waals surface area contributed by atoms with Crippen molar-refractivity contribution in [2.24, 2.45) is 0 Å². The Morgan fingerprint density at radius 2 is 1.78 bits per heavy atom. The van der Waals surface area contributed by atoms with Crippen LogP contribution < -0.4 is 4.74 Å². The summed E-state index contributed by atoms with van der Waals surface area (Å²) in [6, 6.07) is 12.1. The summed E-state index contributed by atoms with van der Waals surface area (Å²) in [5.74, 6) is 2.01. The number of phenols is 1. The zero-order chi connectivity index (χ0) is 16.2. The van der Waals surface area contributed by atoms with Crippen LogP contribution in [0.15, 0.2) is 36.4 Å². The molecular formula is C21H26O2. The highest BCUT2D eigenvalue weighted by molar-refractivity contribution is 5.47. The molecule has 1 saturated carbocycles. The van der Waals surface area contributed by atoms with Crippen LogP contribution in [0.1, 0.15) is 60.3 Å². The van der Waals surface area contributed by atoms with E-state index >= 15 is 0 Å². The highest BCUT2D eigenvalue weighted by Crippen LogP contribution is 2.39. The molecule has 0 aromatic heterocycles. The molecule has 0 bridgehead atoms. The molecule has 0 heterocycles. The van der Waals surface area contributed by atoms with Crippen LogP contribution in [-0.2, 0) is 6.42 Å². The number of benzene rings is 2. The third-order valence-electron chi connectivity index (χ3n) is 5.11. The standard InChI is InChI=1S/C21H26O2/c1-15-12-21(23-2)19(16-8-4-3-5-9-16)14-18(15)13-17-10-6-7-11-20(17)22/h6-7,10-12,14,16,22H,3-5,8-9,13H2,1-2H3. The Balaban J connectivity index is 1.95. The molecule has 1 aliphatic carbocycles. The summed E-state index contributed by atoms with van der Waals surface area (Å²) in [4.78, 5) is 0. The van der Waals surface area contributed by atoms with Gasteiger partial charge >= 0.3 is 0 Å². The van der Waals surface area contributed by atoms with Gasteiger partial charge in [-0.1, -0.05) is 43.5 Å². The van der Waals surface area contributed by atoms with E-state index in [0.717, 1.165) is 17.7 Å². The van der Waals surface area contributed by atoms with E-state index in [1.807, 2.05) is 18.2 Å². The molecule has 0 amide bonds. The summed E-state index contributed by atoms with van der Waals surface area (Å²) >= 11 is 0. The zero-order valence-corrected chi connectivity index (χ0v) is 14.1. The molecule has 0 atom stereocenters. The van der Waals surface area contributed by atoms with E-state index in [1.165, 1.54) is 48.8 Å². The summed E-state index contributed by atoms with van der Waals surface area (Å²) in [7, 11) is 1.77. The number of para-hydroxylation sites is 1. The van der Waals surface area contributed by atoms with Gasteiger partial charge in [-0.15, -0.1) is 0 Å². The van der Waals surface area contributed by atoms with E-state index in [-0.39, 0.29) is 0 Å². The van der Waals surface area contributed by atoms with Gasteiger partial charge in [-0.25, -0.2) is 0 Å². The monoisotopic (exact) mass is 310 g/mol. The molecule has 2 nitrogen and oxygen atoms in total. The SMILES string of the molecule is COc1cc(C)c(Cc2ccccc2O)cc1C1CCCCC1. The van der Waals surface area contributed by atoms with Crippen LogP contribution in [0.4, 0.5) is 0 Å². The molecule has 0 radical (unpaired) electrons.